The van der Waals surface area contributed by atoms with Crippen molar-refractivity contribution >= 4 is 16.0 Å². The number of carbonyl (C=O) groups is 1. The summed E-state index contributed by atoms with van der Waals surface area (Å²) in [7, 11) is -3.98. The second-order valence-corrected chi connectivity index (χ2v) is 5.62. The van der Waals surface area contributed by atoms with Crippen molar-refractivity contribution < 1.29 is 27.8 Å². The highest BCUT2D eigenvalue weighted by molar-refractivity contribution is 7.89. The van der Waals surface area contributed by atoms with Gasteiger partial charge >= 0.3 is 5.97 Å². The van der Waals surface area contributed by atoms with E-state index in [0.717, 1.165) is 31.2 Å². The zero-order chi connectivity index (χ0) is 14.0. The zero-order valence-corrected chi connectivity index (χ0v) is 10.2. The molecule has 1 unspecified atom stereocenters. The zero-order valence-electron chi connectivity index (χ0n) is 9.42. The largest absolute Gasteiger partial charge is 0.479 e. The molecular weight excluding hydrogens is 265 g/mol. The van der Waals surface area contributed by atoms with Gasteiger partial charge in [-0.3, -0.25) is 0 Å². The summed E-state index contributed by atoms with van der Waals surface area (Å²) in [4.78, 5) is 10.4. The van der Waals surface area contributed by atoms with E-state index in [4.69, 9.17) is 5.11 Å². The summed E-state index contributed by atoms with van der Waals surface area (Å²) in [5.41, 5.74) is -2.22. The first-order valence-corrected chi connectivity index (χ1v) is 6.34. The quantitative estimate of drug-likeness (QED) is 0.699. The SMILES string of the molecule is CC(O)(CNS(=O)(=O)c1ccc(F)cc1)C(=O)O. The average molecular weight is 277 g/mol. The number of benzene rings is 1. The van der Waals surface area contributed by atoms with Crippen LogP contribution in [0, 0.1) is 5.82 Å². The van der Waals surface area contributed by atoms with Crippen molar-refractivity contribution in [3.05, 3.63) is 30.1 Å². The predicted molar refractivity (Wildman–Crippen MR) is 59.8 cm³/mol. The third-order valence-electron chi connectivity index (χ3n) is 2.19. The molecule has 18 heavy (non-hydrogen) atoms. The van der Waals surface area contributed by atoms with E-state index < -0.39 is 34.0 Å². The summed E-state index contributed by atoms with van der Waals surface area (Å²) >= 11 is 0. The predicted octanol–water partition coefficient (Wildman–Crippen LogP) is -0.0604. The van der Waals surface area contributed by atoms with Crippen molar-refractivity contribution in [2.45, 2.75) is 17.4 Å². The van der Waals surface area contributed by atoms with Crippen LogP contribution in [0.1, 0.15) is 6.92 Å². The van der Waals surface area contributed by atoms with Gasteiger partial charge in [-0.2, -0.15) is 0 Å². The third-order valence-corrected chi connectivity index (χ3v) is 3.61. The van der Waals surface area contributed by atoms with E-state index in [9.17, 15) is 22.7 Å². The molecule has 100 valence electrons. The van der Waals surface area contributed by atoms with Gasteiger partial charge in [-0.15, -0.1) is 0 Å². The Kier molecular flexibility index (Phi) is 4.05. The van der Waals surface area contributed by atoms with E-state index in [1.807, 2.05) is 4.72 Å². The molecule has 3 N–H and O–H groups in total. The summed E-state index contributed by atoms with van der Waals surface area (Å²) in [6.45, 7) is 0.268. The molecule has 6 nitrogen and oxygen atoms in total. The second-order valence-electron chi connectivity index (χ2n) is 3.86. The topological polar surface area (TPSA) is 104 Å². The Morgan fingerprint density at radius 3 is 2.33 bits per heavy atom. The molecule has 0 saturated heterocycles. The highest BCUT2D eigenvalue weighted by atomic mass is 32.2. The lowest BCUT2D eigenvalue weighted by Gasteiger charge is -2.18. The number of halogens is 1. The lowest BCUT2D eigenvalue weighted by molar-refractivity contribution is -0.155. The van der Waals surface area contributed by atoms with E-state index in [-0.39, 0.29) is 4.90 Å². The van der Waals surface area contributed by atoms with Crippen LogP contribution >= 0.6 is 0 Å². The standard InChI is InChI=1S/C10H12FNO5S/c1-10(15,9(13)14)6-12-18(16,17)8-4-2-7(11)3-5-8/h2-5,12,15H,6H2,1H3,(H,13,14). The monoisotopic (exact) mass is 277 g/mol. The normalized spacial score (nSPS) is 15.1. The van der Waals surface area contributed by atoms with Crippen molar-refractivity contribution in [1.29, 1.82) is 0 Å². The van der Waals surface area contributed by atoms with Gasteiger partial charge in [0.1, 0.15) is 5.82 Å². The fourth-order valence-corrected chi connectivity index (χ4v) is 2.14. The first kappa shape index (κ1) is 14.6. The van der Waals surface area contributed by atoms with Crippen molar-refractivity contribution in [2.75, 3.05) is 6.54 Å². The third kappa shape index (κ3) is 3.49. The Balaban J connectivity index is 2.84. The fourth-order valence-electron chi connectivity index (χ4n) is 1.01. The molecule has 0 aliphatic rings. The lowest BCUT2D eigenvalue weighted by atomic mass is 10.1. The molecule has 0 aromatic heterocycles. The first-order valence-electron chi connectivity index (χ1n) is 4.86. The van der Waals surface area contributed by atoms with E-state index in [1.165, 1.54) is 0 Å². The molecule has 8 heteroatoms. The lowest BCUT2D eigenvalue weighted by Crippen LogP contribution is -2.46. The van der Waals surface area contributed by atoms with Gasteiger partial charge in [-0.05, 0) is 31.2 Å². The van der Waals surface area contributed by atoms with Crippen LogP contribution in [0.2, 0.25) is 0 Å². The molecule has 1 rings (SSSR count). The van der Waals surface area contributed by atoms with Gasteiger partial charge in [-0.1, -0.05) is 0 Å². The molecule has 0 amide bonds. The molecule has 0 radical (unpaired) electrons. The Labute approximate surface area is 103 Å². The molecule has 0 aliphatic heterocycles. The van der Waals surface area contributed by atoms with Gasteiger partial charge in [0.25, 0.3) is 0 Å². The van der Waals surface area contributed by atoms with Gasteiger partial charge < -0.3 is 10.2 Å². The van der Waals surface area contributed by atoms with Crippen LogP contribution < -0.4 is 4.72 Å². The summed E-state index contributed by atoms with van der Waals surface area (Å²) < 4.78 is 37.9. The van der Waals surface area contributed by atoms with Gasteiger partial charge in [-0.25, -0.2) is 22.3 Å². The Morgan fingerprint density at radius 2 is 1.89 bits per heavy atom. The average Bonchev–Trinajstić information content (AvgIpc) is 2.27. The van der Waals surface area contributed by atoms with Crippen LogP contribution in [0.25, 0.3) is 0 Å². The van der Waals surface area contributed by atoms with Crippen LogP contribution in [0.4, 0.5) is 4.39 Å². The van der Waals surface area contributed by atoms with Crippen molar-refractivity contribution in [3.63, 3.8) is 0 Å². The van der Waals surface area contributed by atoms with Crippen LogP contribution in [0.5, 0.6) is 0 Å². The van der Waals surface area contributed by atoms with E-state index in [0.29, 0.717) is 0 Å². The van der Waals surface area contributed by atoms with E-state index in [1.54, 1.807) is 0 Å². The number of nitrogens with one attached hydrogen (secondary N) is 1. The number of carboxylic acid groups (broad SMARTS) is 1. The molecule has 0 heterocycles. The number of hydrogen-bond acceptors (Lipinski definition) is 4. The molecule has 0 saturated carbocycles. The number of aliphatic hydroxyl groups is 1. The fraction of sp³-hybridized carbons (Fsp3) is 0.300. The minimum atomic E-state index is -3.98. The maximum absolute atomic E-state index is 12.6. The van der Waals surface area contributed by atoms with Crippen LogP contribution in [0.15, 0.2) is 29.2 Å². The van der Waals surface area contributed by atoms with Gasteiger partial charge in [0.05, 0.1) is 11.4 Å². The summed E-state index contributed by atoms with van der Waals surface area (Å²) in [6, 6.07) is 3.99. The molecular formula is C10H12FNO5S. The molecule has 0 fully saturated rings. The Morgan fingerprint density at radius 1 is 1.39 bits per heavy atom. The Hall–Kier alpha value is -1.51. The van der Waals surface area contributed by atoms with Gasteiger partial charge in [0, 0.05) is 0 Å². The summed E-state index contributed by atoms with van der Waals surface area (Å²) in [5, 5.41) is 18.0. The number of hydrogen-bond donors (Lipinski definition) is 3. The van der Waals surface area contributed by atoms with Crippen molar-refractivity contribution in [2.24, 2.45) is 0 Å². The second kappa shape index (κ2) is 5.01. The number of aliphatic carboxylic acids is 1. The van der Waals surface area contributed by atoms with Gasteiger partial charge in [0.15, 0.2) is 5.60 Å². The first-order chi connectivity index (χ1) is 8.15. The summed E-state index contributed by atoms with van der Waals surface area (Å²) in [5.74, 6) is -2.14. The van der Waals surface area contributed by atoms with E-state index >= 15 is 0 Å². The summed E-state index contributed by atoms with van der Waals surface area (Å²) in [6.07, 6.45) is 0. The molecule has 0 aliphatic carbocycles. The van der Waals surface area contributed by atoms with Crippen molar-refractivity contribution in [3.8, 4) is 0 Å². The van der Waals surface area contributed by atoms with Crippen LogP contribution in [-0.2, 0) is 14.8 Å². The highest BCUT2D eigenvalue weighted by Gasteiger charge is 2.31. The minimum absolute atomic E-state index is 0.218. The van der Waals surface area contributed by atoms with E-state index in [2.05, 4.69) is 0 Å². The van der Waals surface area contributed by atoms with Crippen LogP contribution in [0.3, 0.4) is 0 Å². The highest BCUT2D eigenvalue weighted by Crippen LogP contribution is 2.11. The molecule has 1 aromatic carbocycles. The maximum atomic E-state index is 12.6. The van der Waals surface area contributed by atoms with Crippen molar-refractivity contribution in [1.82, 2.24) is 4.72 Å². The molecule has 1 aromatic rings. The Bertz CT molecular complexity index is 538. The number of rotatable bonds is 5. The molecule has 0 bridgehead atoms. The maximum Gasteiger partial charge on any atom is 0.336 e. The number of carboxylic acids is 1. The smallest absolute Gasteiger partial charge is 0.336 e. The molecule has 1 atom stereocenters. The van der Waals surface area contributed by atoms with Crippen LogP contribution in [-0.4, -0.2) is 36.7 Å². The minimum Gasteiger partial charge on any atom is -0.479 e. The van der Waals surface area contributed by atoms with Gasteiger partial charge in [0.2, 0.25) is 10.0 Å². The molecule has 0 spiro atoms. The number of sulfonamides is 1.